The van der Waals surface area contributed by atoms with Crippen molar-refractivity contribution < 1.29 is 13.9 Å². The number of benzene rings is 1. The van der Waals surface area contributed by atoms with E-state index in [1.54, 1.807) is 0 Å². The number of ether oxygens (including phenoxy) is 1. The molecule has 0 atom stereocenters. The molecule has 1 fully saturated rings. The van der Waals surface area contributed by atoms with Crippen LogP contribution < -0.4 is 4.74 Å². The molecule has 0 bridgehead atoms. The number of hydrogen-bond donors (Lipinski definition) is 0. The quantitative estimate of drug-likeness (QED) is 0.451. The van der Waals surface area contributed by atoms with Gasteiger partial charge in [-0.25, -0.2) is 4.79 Å². The Bertz CT molecular complexity index is 876. The lowest BCUT2D eigenvalue weighted by molar-refractivity contribution is 0.0696. The summed E-state index contributed by atoms with van der Waals surface area (Å²) in [4.78, 5) is 13.0. The smallest absolute Gasteiger partial charge is 0.379 e. The van der Waals surface area contributed by atoms with Crippen molar-refractivity contribution in [2.45, 2.75) is 57.0 Å². The molecule has 5 heteroatoms. The molecule has 1 aliphatic heterocycles. The number of aryl methyl sites for hydroxylation is 2. The molecule has 1 saturated heterocycles. The Morgan fingerprint density at radius 3 is 2.67 bits per heavy atom. The first-order valence-corrected chi connectivity index (χ1v) is 11.6. The molecule has 0 unspecified atom stereocenters. The lowest BCUT2D eigenvalue weighted by Crippen LogP contribution is -2.21. The Morgan fingerprint density at radius 2 is 1.96 bits per heavy atom. The van der Waals surface area contributed by atoms with Crippen LogP contribution in [0, 0.1) is 13.8 Å². The molecule has 1 aliphatic carbocycles. The summed E-state index contributed by atoms with van der Waals surface area (Å²) in [6.07, 6.45) is 3.18. The lowest BCUT2D eigenvalue weighted by atomic mass is 9.94. The van der Waals surface area contributed by atoms with Crippen molar-refractivity contribution in [3.63, 3.8) is 0 Å². The predicted octanol–water partition coefficient (Wildman–Crippen LogP) is 6.21. The van der Waals surface area contributed by atoms with Gasteiger partial charge < -0.3 is 9.15 Å². The van der Waals surface area contributed by atoms with E-state index in [1.165, 1.54) is 5.56 Å². The van der Waals surface area contributed by atoms with Gasteiger partial charge in [0.15, 0.2) is 0 Å². The van der Waals surface area contributed by atoms with E-state index in [9.17, 15) is 4.79 Å². The summed E-state index contributed by atoms with van der Waals surface area (Å²) >= 11 is 4.02. The molecule has 144 valence electrons. The first-order chi connectivity index (χ1) is 12.9. The minimum Gasteiger partial charge on any atom is -0.453 e. The van der Waals surface area contributed by atoms with Crippen LogP contribution in [-0.4, -0.2) is 17.5 Å². The van der Waals surface area contributed by atoms with Crippen LogP contribution in [0.5, 0.6) is 5.75 Å². The Morgan fingerprint density at radius 1 is 1.22 bits per heavy atom. The largest absolute Gasteiger partial charge is 0.453 e. The summed E-state index contributed by atoms with van der Waals surface area (Å²) in [7, 11) is 0. The van der Waals surface area contributed by atoms with E-state index >= 15 is 0 Å². The molecule has 0 saturated carbocycles. The molecule has 1 spiro atoms. The van der Waals surface area contributed by atoms with Crippen LogP contribution >= 0.6 is 23.5 Å². The summed E-state index contributed by atoms with van der Waals surface area (Å²) in [6, 6.07) is 6.04. The third kappa shape index (κ3) is 3.33. The average molecular weight is 403 g/mol. The normalized spacial score (nSPS) is 18.1. The predicted molar refractivity (Wildman–Crippen MR) is 113 cm³/mol. The zero-order valence-corrected chi connectivity index (χ0v) is 18.0. The molecule has 0 N–H and O–H groups in total. The highest BCUT2D eigenvalue weighted by Crippen LogP contribution is 2.59. The van der Waals surface area contributed by atoms with Crippen molar-refractivity contribution >= 4 is 29.5 Å². The summed E-state index contributed by atoms with van der Waals surface area (Å²) in [5.74, 6) is 4.24. The van der Waals surface area contributed by atoms with Gasteiger partial charge in [-0.05, 0) is 49.8 Å². The van der Waals surface area contributed by atoms with E-state index in [0.29, 0.717) is 11.5 Å². The molecular weight excluding hydrogens is 376 g/mol. The first-order valence-electron chi connectivity index (χ1n) is 9.64. The number of furan rings is 1. The minimum absolute atomic E-state index is 0.0755. The van der Waals surface area contributed by atoms with Gasteiger partial charge >= 0.3 is 5.97 Å². The lowest BCUT2D eigenvalue weighted by Gasteiger charge is -2.31. The first kappa shape index (κ1) is 19.0. The van der Waals surface area contributed by atoms with E-state index in [0.717, 1.165) is 53.2 Å². The second-order valence-electron chi connectivity index (χ2n) is 7.74. The second-order valence-corrected chi connectivity index (χ2v) is 10.8. The highest BCUT2D eigenvalue weighted by atomic mass is 32.2. The number of esters is 1. The van der Waals surface area contributed by atoms with Crippen molar-refractivity contribution in [2.24, 2.45) is 0 Å². The van der Waals surface area contributed by atoms with Gasteiger partial charge in [0.05, 0.1) is 4.08 Å². The monoisotopic (exact) mass is 402 g/mol. The third-order valence-electron chi connectivity index (χ3n) is 5.44. The van der Waals surface area contributed by atoms with E-state index in [2.05, 4.69) is 19.9 Å². The van der Waals surface area contributed by atoms with Crippen LogP contribution in [-0.2, 0) is 10.5 Å². The molecular formula is C22H26O3S2. The summed E-state index contributed by atoms with van der Waals surface area (Å²) in [5, 5.41) is 0. The fourth-order valence-electron chi connectivity index (χ4n) is 4.15. The maximum Gasteiger partial charge on any atom is 0.379 e. The molecule has 1 aromatic heterocycles. The van der Waals surface area contributed by atoms with Crippen molar-refractivity contribution in [1.29, 1.82) is 0 Å². The van der Waals surface area contributed by atoms with E-state index in [-0.39, 0.29) is 16.0 Å². The van der Waals surface area contributed by atoms with Crippen LogP contribution in [0.25, 0.3) is 0 Å². The van der Waals surface area contributed by atoms with Crippen LogP contribution in [0.1, 0.15) is 71.2 Å². The molecule has 2 aromatic rings. The van der Waals surface area contributed by atoms with Crippen LogP contribution in [0.15, 0.2) is 22.6 Å². The van der Waals surface area contributed by atoms with Gasteiger partial charge in [0.2, 0.25) is 5.76 Å². The topological polar surface area (TPSA) is 39.4 Å². The number of rotatable bonds is 3. The third-order valence-corrected chi connectivity index (χ3v) is 8.97. The van der Waals surface area contributed by atoms with Gasteiger partial charge in [-0.1, -0.05) is 26.0 Å². The minimum atomic E-state index is -0.377. The molecule has 1 aromatic carbocycles. The maximum atomic E-state index is 13.0. The van der Waals surface area contributed by atoms with Crippen molar-refractivity contribution in [3.8, 4) is 5.75 Å². The van der Waals surface area contributed by atoms with Gasteiger partial charge in [-0.15, -0.1) is 23.5 Å². The van der Waals surface area contributed by atoms with Gasteiger partial charge in [0.25, 0.3) is 0 Å². The molecule has 4 rings (SSSR count). The van der Waals surface area contributed by atoms with Gasteiger partial charge in [-0.2, -0.15) is 0 Å². The van der Waals surface area contributed by atoms with Crippen molar-refractivity contribution in [1.82, 2.24) is 0 Å². The van der Waals surface area contributed by atoms with E-state index < -0.39 is 0 Å². The molecule has 0 amide bonds. The number of carbonyl (C=O) groups excluding carboxylic acids is 1. The Hall–Kier alpha value is -1.33. The molecule has 0 radical (unpaired) electrons. The fourth-order valence-corrected chi connectivity index (χ4v) is 7.70. The highest BCUT2D eigenvalue weighted by Gasteiger charge is 2.45. The summed E-state index contributed by atoms with van der Waals surface area (Å²) in [5.41, 5.74) is 4.34. The van der Waals surface area contributed by atoms with Crippen LogP contribution in [0.2, 0.25) is 0 Å². The number of carbonyl (C=O) groups is 1. The van der Waals surface area contributed by atoms with Gasteiger partial charge in [-0.3, -0.25) is 0 Å². The Balaban J connectivity index is 1.69. The molecule has 3 nitrogen and oxygen atoms in total. The van der Waals surface area contributed by atoms with Crippen LogP contribution in [0.4, 0.5) is 0 Å². The number of thioether (sulfide) groups is 2. The number of fused-ring (bicyclic) bond motifs is 2. The average Bonchev–Trinajstić information content (AvgIpc) is 3.21. The summed E-state index contributed by atoms with van der Waals surface area (Å²) in [6.45, 7) is 8.25. The van der Waals surface area contributed by atoms with E-state index in [1.807, 2.05) is 49.5 Å². The fraction of sp³-hybridized carbons (Fsp3) is 0.500. The summed E-state index contributed by atoms with van der Waals surface area (Å²) < 4.78 is 12.0. The van der Waals surface area contributed by atoms with E-state index in [4.69, 9.17) is 9.15 Å². The maximum absolute atomic E-state index is 13.0. The standard InChI is InChI=1S/C22H26O3S2/c1-13(2)16-8-7-14(3)12-18(16)25-21(23)20-15(4)19-17(24-20)6-5-9-22(19)26-10-11-27-22/h7-8,12-13H,5-6,9-11H2,1-4H3. The molecule has 27 heavy (non-hydrogen) atoms. The Kier molecular flexibility index (Phi) is 5.10. The van der Waals surface area contributed by atoms with Crippen LogP contribution in [0.3, 0.4) is 0 Å². The SMILES string of the molecule is Cc1ccc(C(C)C)c(OC(=O)c2oc3c(c2C)C2(CCC3)SCCS2)c1. The zero-order valence-electron chi connectivity index (χ0n) is 16.4. The van der Waals surface area contributed by atoms with Crippen molar-refractivity contribution in [3.05, 3.63) is 52.0 Å². The molecule has 2 aliphatic rings. The van der Waals surface area contributed by atoms with Gasteiger partial charge in [0.1, 0.15) is 11.5 Å². The number of hydrogen-bond acceptors (Lipinski definition) is 5. The second kappa shape index (κ2) is 7.25. The Labute approximate surface area is 169 Å². The zero-order chi connectivity index (χ0) is 19.2. The molecule has 2 heterocycles. The van der Waals surface area contributed by atoms with Crippen molar-refractivity contribution in [2.75, 3.05) is 11.5 Å². The highest BCUT2D eigenvalue weighted by molar-refractivity contribution is 8.20. The van der Waals surface area contributed by atoms with Gasteiger partial charge in [0, 0.05) is 29.1 Å².